The van der Waals surface area contributed by atoms with E-state index in [2.05, 4.69) is 26.9 Å². The predicted octanol–water partition coefficient (Wildman–Crippen LogP) is 1.92. The SMILES string of the molecule is CCCNCCNS(=O)(=O)c1c[nH]c2nccc(Cl)c12.Cl. The van der Waals surface area contributed by atoms with E-state index in [-0.39, 0.29) is 17.3 Å². The minimum Gasteiger partial charge on any atom is -0.345 e. The molecule has 0 aromatic carbocycles. The number of nitrogens with one attached hydrogen (secondary N) is 3. The van der Waals surface area contributed by atoms with Crippen LogP contribution >= 0.6 is 24.0 Å². The average molecular weight is 353 g/mol. The Morgan fingerprint density at radius 3 is 2.81 bits per heavy atom. The van der Waals surface area contributed by atoms with E-state index in [1.807, 2.05) is 0 Å². The first-order valence-electron chi connectivity index (χ1n) is 6.38. The number of sulfonamides is 1. The van der Waals surface area contributed by atoms with Crippen LogP contribution in [0.1, 0.15) is 13.3 Å². The Kier molecular flexibility index (Phi) is 6.89. The minimum absolute atomic E-state index is 0. The van der Waals surface area contributed by atoms with Gasteiger partial charge < -0.3 is 10.3 Å². The molecular weight excluding hydrogens is 335 g/mol. The molecule has 0 bridgehead atoms. The Balaban J connectivity index is 0.00000220. The standard InChI is InChI=1S/C12H17ClN4O2S.ClH/c1-2-4-14-6-7-17-20(18,19)10-8-16-12-11(10)9(13)3-5-15-12;/h3,5,8,14,17H,2,4,6-7H2,1H3,(H,15,16);1H. The van der Waals surface area contributed by atoms with Crippen LogP contribution in [0.25, 0.3) is 11.0 Å². The fraction of sp³-hybridized carbons (Fsp3) is 0.417. The second-order valence-electron chi connectivity index (χ2n) is 4.32. The molecule has 3 N–H and O–H groups in total. The van der Waals surface area contributed by atoms with Gasteiger partial charge in [-0.25, -0.2) is 18.1 Å². The van der Waals surface area contributed by atoms with Crippen LogP contribution in [-0.4, -0.2) is 38.0 Å². The Morgan fingerprint density at radius 1 is 1.33 bits per heavy atom. The maximum atomic E-state index is 12.2. The molecule has 0 amide bonds. The van der Waals surface area contributed by atoms with Crippen LogP contribution in [0, 0.1) is 0 Å². The number of hydrogen-bond acceptors (Lipinski definition) is 4. The van der Waals surface area contributed by atoms with Gasteiger partial charge >= 0.3 is 0 Å². The van der Waals surface area contributed by atoms with E-state index < -0.39 is 10.0 Å². The molecular formula is C12H18Cl2N4O2S. The Bertz CT molecular complexity index is 688. The molecule has 9 heteroatoms. The van der Waals surface area contributed by atoms with E-state index in [1.54, 1.807) is 6.07 Å². The fourth-order valence-electron chi connectivity index (χ4n) is 1.85. The summed E-state index contributed by atoms with van der Waals surface area (Å²) in [5.74, 6) is 0. The summed E-state index contributed by atoms with van der Waals surface area (Å²) in [6, 6.07) is 1.57. The molecule has 0 atom stereocenters. The maximum absolute atomic E-state index is 12.2. The van der Waals surface area contributed by atoms with Crippen molar-refractivity contribution in [3.63, 3.8) is 0 Å². The van der Waals surface area contributed by atoms with Gasteiger partial charge in [0.1, 0.15) is 10.5 Å². The van der Waals surface area contributed by atoms with Gasteiger partial charge in [-0.15, -0.1) is 12.4 Å². The second kappa shape index (κ2) is 7.95. The maximum Gasteiger partial charge on any atom is 0.242 e. The number of H-pyrrole nitrogens is 1. The van der Waals surface area contributed by atoms with Gasteiger partial charge in [-0.1, -0.05) is 18.5 Å². The van der Waals surface area contributed by atoms with Crippen LogP contribution in [0.3, 0.4) is 0 Å². The lowest BCUT2D eigenvalue weighted by Crippen LogP contribution is -2.32. The van der Waals surface area contributed by atoms with Crippen molar-refractivity contribution in [2.24, 2.45) is 0 Å². The average Bonchev–Trinajstić information content (AvgIpc) is 2.84. The molecule has 21 heavy (non-hydrogen) atoms. The van der Waals surface area contributed by atoms with Gasteiger partial charge in [0.05, 0.1) is 10.4 Å². The summed E-state index contributed by atoms with van der Waals surface area (Å²) in [6.45, 7) is 3.83. The molecule has 0 aliphatic rings. The van der Waals surface area contributed by atoms with Crippen LogP contribution in [-0.2, 0) is 10.0 Å². The highest BCUT2D eigenvalue weighted by molar-refractivity contribution is 7.89. The number of hydrogen-bond donors (Lipinski definition) is 3. The third-order valence-electron chi connectivity index (χ3n) is 2.80. The summed E-state index contributed by atoms with van der Waals surface area (Å²) >= 11 is 6.05. The largest absolute Gasteiger partial charge is 0.345 e. The van der Waals surface area contributed by atoms with Gasteiger partial charge in [-0.05, 0) is 19.0 Å². The number of halogens is 2. The molecule has 2 heterocycles. The van der Waals surface area contributed by atoms with E-state index >= 15 is 0 Å². The lowest BCUT2D eigenvalue weighted by molar-refractivity contribution is 0.576. The van der Waals surface area contributed by atoms with E-state index in [4.69, 9.17) is 11.6 Å². The Hall–Kier alpha value is -0.860. The summed E-state index contributed by atoms with van der Waals surface area (Å²) in [6.07, 6.45) is 3.95. The Morgan fingerprint density at radius 2 is 2.10 bits per heavy atom. The summed E-state index contributed by atoms with van der Waals surface area (Å²) < 4.78 is 27.0. The molecule has 0 fully saturated rings. The molecule has 0 aliphatic carbocycles. The van der Waals surface area contributed by atoms with Gasteiger partial charge in [0.25, 0.3) is 0 Å². The lowest BCUT2D eigenvalue weighted by Gasteiger charge is -2.07. The van der Waals surface area contributed by atoms with Gasteiger partial charge in [-0.2, -0.15) is 0 Å². The van der Waals surface area contributed by atoms with E-state index in [1.165, 1.54) is 12.4 Å². The van der Waals surface area contributed by atoms with Gasteiger partial charge in [0.2, 0.25) is 10.0 Å². The van der Waals surface area contributed by atoms with Gasteiger partial charge in [0, 0.05) is 25.5 Å². The molecule has 2 rings (SSSR count). The number of aromatic amines is 1. The highest BCUT2D eigenvalue weighted by atomic mass is 35.5. The number of pyridine rings is 1. The van der Waals surface area contributed by atoms with Crippen LogP contribution in [0.2, 0.25) is 5.02 Å². The summed E-state index contributed by atoms with van der Waals surface area (Å²) in [4.78, 5) is 6.99. The number of rotatable bonds is 7. The zero-order valence-corrected chi connectivity index (χ0v) is 13.9. The topological polar surface area (TPSA) is 86.9 Å². The highest BCUT2D eigenvalue weighted by Crippen LogP contribution is 2.27. The molecule has 0 saturated heterocycles. The third-order valence-corrected chi connectivity index (χ3v) is 4.60. The van der Waals surface area contributed by atoms with Gasteiger partial charge in [0.15, 0.2) is 0 Å². The van der Waals surface area contributed by atoms with E-state index in [0.717, 1.165) is 13.0 Å². The van der Waals surface area contributed by atoms with Crippen LogP contribution in [0.5, 0.6) is 0 Å². The smallest absolute Gasteiger partial charge is 0.242 e. The van der Waals surface area contributed by atoms with Crippen molar-refractivity contribution >= 4 is 45.1 Å². The van der Waals surface area contributed by atoms with Crippen LogP contribution in [0.4, 0.5) is 0 Å². The molecule has 0 saturated carbocycles. The lowest BCUT2D eigenvalue weighted by atomic mass is 10.3. The van der Waals surface area contributed by atoms with E-state index in [9.17, 15) is 8.42 Å². The molecule has 2 aromatic rings. The van der Waals surface area contributed by atoms with Crippen molar-refractivity contribution in [3.05, 3.63) is 23.5 Å². The zero-order chi connectivity index (χ0) is 14.6. The van der Waals surface area contributed by atoms with Gasteiger partial charge in [-0.3, -0.25) is 0 Å². The second-order valence-corrected chi connectivity index (χ2v) is 6.46. The predicted molar refractivity (Wildman–Crippen MR) is 86.7 cm³/mol. The van der Waals surface area contributed by atoms with Crippen LogP contribution < -0.4 is 10.0 Å². The zero-order valence-electron chi connectivity index (χ0n) is 11.5. The minimum atomic E-state index is -3.60. The first-order valence-corrected chi connectivity index (χ1v) is 8.24. The molecule has 6 nitrogen and oxygen atoms in total. The van der Waals surface area contributed by atoms with Crippen molar-refractivity contribution in [1.29, 1.82) is 0 Å². The summed E-state index contributed by atoms with van der Waals surface area (Å²) in [5, 5.41) is 3.91. The van der Waals surface area contributed by atoms with Crippen LogP contribution in [0.15, 0.2) is 23.4 Å². The molecule has 2 aromatic heterocycles. The number of aromatic nitrogens is 2. The number of nitrogens with zero attached hydrogens (tertiary/aromatic N) is 1. The van der Waals surface area contributed by atoms with Crippen molar-refractivity contribution in [2.45, 2.75) is 18.2 Å². The molecule has 0 spiro atoms. The Labute approximate surface area is 135 Å². The van der Waals surface area contributed by atoms with Crippen molar-refractivity contribution in [1.82, 2.24) is 20.0 Å². The van der Waals surface area contributed by atoms with Crippen molar-refractivity contribution in [3.8, 4) is 0 Å². The van der Waals surface area contributed by atoms with Crippen molar-refractivity contribution < 1.29 is 8.42 Å². The number of fused-ring (bicyclic) bond motifs is 1. The monoisotopic (exact) mass is 352 g/mol. The summed E-state index contributed by atoms with van der Waals surface area (Å²) in [5.41, 5.74) is 0.460. The molecule has 0 radical (unpaired) electrons. The van der Waals surface area contributed by atoms with Crippen molar-refractivity contribution in [2.75, 3.05) is 19.6 Å². The third kappa shape index (κ3) is 4.31. The highest BCUT2D eigenvalue weighted by Gasteiger charge is 2.20. The molecule has 0 aliphatic heterocycles. The first-order chi connectivity index (χ1) is 9.56. The normalized spacial score (nSPS) is 11.5. The first kappa shape index (κ1) is 18.2. The summed E-state index contributed by atoms with van der Waals surface area (Å²) in [7, 11) is -3.60. The van der Waals surface area contributed by atoms with E-state index in [0.29, 0.717) is 29.1 Å². The quantitative estimate of drug-likeness (QED) is 0.664. The molecule has 0 unspecified atom stereocenters. The molecule has 118 valence electrons. The fourth-order valence-corrected chi connectivity index (χ4v) is 3.37.